The zero-order valence-electron chi connectivity index (χ0n) is 20.8. The Kier molecular flexibility index (Phi) is 5.14. The van der Waals surface area contributed by atoms with Crippen LogP contribution in [0.4, 0.5) is 4.39 Å². The molecule has 4 heteroatoms. The zero-order chi connectivity index (χ0) is 24.3. The molecule has 4 atom stereocenters. The molecule has 2 fully saturated rings. The van der Waals surface area contributed by atoms with Crippen molar-refractivity contribution in [1.82, 2.24) is 14.9 Å². The summed E-state index contributed by atoms with van der Waals surface area (Å²) < 4.78 is 13.5. The van der Waals surface area contributed by atoms with Crippen LogP contribution in [0.25, 0.3) is 28.5 Å². The maximum atomic E-state index is 13.5. The van der Waals surface area contributed by atoms with Gasteiger partial charge in [-0.15, -0.1) is 0 Å². The normalized spacial score (nSPS) is 27.8. The maximum Gasteiger partial charge on any atom is 0.138 e. The fourth-order valence-corrected chi connectivity index (χ4v) is 7.18. The lowest BCUT2D eigenvalue weighted by molar-refractivity contribution is 0.0898. The van der Waals surface area contributed by atoms with E-state index in [-0.39, 0.29) is 11.2 Å². The third-order valence-electron chi connectivity index (χ3n) is 9.24. The van der Waals surface area contributed by atoms with Gasteiger partial charge in [-0.1, -0.05) is 67.6 Å². The van der Waals surface area contributed by atoms with Gasteiger partial charge in [0.15, 0.2) is 0 Å². The number of H-pyrrole nitrogens is 1. The first-order valence-electron chi connectivity index (χ1n) is 13.4. The molecule has 0 amide bonds. The molecular formula is C32H32FN3. The van der Waals surface area contributed by atoms with Crippen molar-refractivity contribution < 1.29 is 4.39 Å². The highest BCUT2D eigenvalue weighted by molar-refractivity contribution is 5.79. The molecule has 1 aromatic heterocycles. The van der Waals surface area contributed by atoms with Crippen molar-refractivity contribution in [3.8, 4) is 11.4 Å². The smallest absolute Gasteiger partial charge is 0.138 e. The molecule has 3 nitrogen and oxygen atoms in total. The average Bonchev–Trinajstić information content (AvgIpc) is 3.64. The second-order valence-corrected chi connectivity index (χ2v) is 11.1. The highest BCUT2D eigenvalue weighted by Crippen LogP contribution is 2.48. The molecule has 3 aromatic carbocycles. The van der Waals surface area contributed by atoms with Crippen molar-refractivity contribution >= 4 is 17.1 Å². The quantitative estimate of drug-likeness (QED) is 0.335. The molecule has 1 saturated heterocycles. The van der Waals surface area contributed by atoms with E-state index in [2.05, 4.69) is 82.5 Å². The largest absolute Gasteiger partial charge is 0.338 e. The zero-order valence-corrected chi connectivity index (χ0v) is 20.8. The SMILES string of the molecule is C[C@H]1CN(C2CCC(c3ccc(-c4nc5ccc(F)cc5[nH]4)cc3)C2)CCC12C=Cc1ccccc12. The van der Waals surface area contributed by atoms with Gasteiger partial charge in [0, 0.05) is 23.6 Å². The molecule has 0 radical (unpaired) electrons. The van der Waals surface area contributed by atoms with Gasteiger partial charge in [-0.2, -0.15) is 0 Å². The van der Waals surface area contributed by atoms with Crippen molar-refractivity contribution in [3.05, 3.63) is 95.3 Å². The number of likely N-dealkylation sites (tertiary alicyclic amines) is 1. The first-order valence-corrected chi connectivity index (χ1v) is 13.4. The third-order valence-corrected chi connectivity index (χ3v) is 9.24. The molecule has 36 heavy (non-hydrogen) atoms. The van der Waals surface area contributed by atoms with Gasteiger partial charge in [-0.05, 0) is 79.0 Å². The lowest BCUT2D eigenvalue weighted by Gasteiger charge is -2.46. The molecule has 3 unspecified atom stereocenters. The number of piperidine rings is 1. The van der Waals surface area contributed by atoms with Crippen LogP contribution >= 0.6 is 0 Å². The van der Waals surface area contributed by atoms with E-state index in [1.165, 1.54) is 67.6 Å². The number of nitrogens with zero attached hydrogens (tertiary/aromatic N) is 2. The summed E-state index contributed by atoms with van der Waals surface area (Å²) in [5.41, 5.74) is 7.18. The van der Waals surface area contributed by atoms with Crippen LogP contribution in [-0.2, 0) is 5.41 Å². The van der Waals surface area contributed by atoms with Crippen LogP contribution in [0.3, 0.4) is 0 Å². The summed E-state index contributed by atoms with van der Waals surface area (Å²) in [5, 5.41) is 0. The van der Waals surface area contributed by atoms with E-state index in [1.54, 1.807) is 6.07 Å². The minimum Gasteiger partial charge on any atom is -0.338 e. The van der Waals surface area contributed by atoms with Gasteiger partial charge in [0.05, 0.1) is 11.0 Å². The second-order valence-electron chi connectivity index (χ2n) is 11.1. The molecule has 3 aliphatic rings. The van der Waals surface area contributed by atoms with E-state index >= 15 is 0 Å². The predicted molar refractivity (Wildman–Crippen MR) is 144 cm³/mol. The Hall–Kier alpha value is -3.24. The lowest BCUT2D eigenvalue weighted by Crippen LogP contribution is -2.50. The van der Waals surface area contributed by atoms with E-state index in [0.29, 0.717) is 17.9 Å². The fourth-order valence-electron chi connectivity index (χ4n) is 7.18. The summed E-state index contributed by atoms with van der Waals surface area (Å²) in [5.74, 6) is 1.80. The van der Waals surface area contributed by atoms with Gasteiger partial charge in [0.2, 0.25) is 0 Å². The molecule has 182 valence electrons. The molecule has 4 aromatic rings. The van der Waals surface area contributed by atoms with Crippen molar-refractivity contribution in [2.45, 2.75) is 50.0 Å². The Labute approximate surface area is 212 Å². The molecule has 1 aliphatic heterocycles. The minimum absolute atomic E-state index is 0.226. The highest BCUT2D eigenvalue weighted by atomic mass is 19.1. The van der Waals surface area contributed by atoms with Crippen LogP contribution in [0.5, 0.6) is 0 Å². The standard InChI is InChI=1S/C32H32FN3/c1-21-20-36(17-16-32(21)15-14-23-4-2-3-5-28(23)32)27-12-10-25(18-27)22-6-8-24(9-7-22)31-34-29-13-11-26(33)19-30(29)35-31/h2-9,11,13-15,19,21,25,27H,10,12,16-18,20H2,1H3,(H,34,35)/t21-,25?,27?,32?/m0/s1. The minimum atomic E-state index is -0.244. The van der Waals surface area contributed by atoms with Crippen molar-refractivity contribution in [2.75, 3.05) is 13.1 Å². The van der Waals surface area contributed by atoms with Crippen LogP contribution in [-0.4, -0.2) is 34.0 Å². The number of imidazole rings is 1. The number of fused-ring (bicyclic) bond motifs is 3. The van der Waals surface area contributed by atoms with Crippen LogP contribution in [0, 0.1) is 11.7 Å². The molecule has 2 heterocycles. The Morgan fingerprint density at radius 3 is 2.75 bits per heavy atom. The number of aromatic nitrogens is 2. The number of rotatable bonds is 3. The van der Waals surface area contributed by atoms with Crippen LogP contribution in [0.1, 0.15) is 55.2 Å². The van der Waals surface area contributed by atoms with Crippen LogP contribution in [0.15, 0.2) is 72.8 Å². The van der Waals surface area contributed by atoms with Crippen molar-refractivity contribution in [3.63, 3.8) is 0 Å². The van der Waals surface area contributed by atoms with Crippen molar-refractivity contribution in [1.29, 1.82) is 0 Å². The van der Waals surface area contributed by atoms with Crippen LogP contribution < -0.4 is 0 Å². The Morgan fingerprint density at radius 1 is 1.03 bits per heavy atom. The summed E-state index contributed by atoms with van der Waals surface area (Å²) in [4.78, 5) is 10.7. The van der Waals surface area contributed by atoms with E-state index in [9.17, 15) is 4.39 Å². The fraction of sp³-hybridized carbons (Fsp3) is 0.344. The van der Waals surface area contributed by atoms with Gasteiger partial charge in [-0.25, -0.2) is 9.37 Å². The van der Waals surface area contributed by atoms with E-state index < -0.39 is 0 Å². The number of hydrogen-bond donors (Lipinski definition) is 1. The van der Waals surface area contributed by atoms with Crippen molar-refractivity contribution in [2.24, 2.45) is 5.92 Å². The third kappa shape index (κ3) is 3.54. The summed E-state index contributed by atoms with van der Waals surface area (Å²) in [6.45, 7) is 4.82. The van der Waals surface area contributed by atoms with Crippen LogP contribution in [0.2, 0.25) is 0 Å². The Morgan fingerprint density at radius 2 is 1.89 bits per heavy atom. The number of hydrogen-bond acceptors (Lipinski definition) is 2. The van der Waals surface area contributed by atoms with Gasteiger partial charge in [-0.3, -0.25) is 0 Å². The predicted octanol–water partition coefficient (Wildman–Crippen LogP) is 7.31. The Bertz CT molecular complexity index is 1450. The molecule has 1 spiro atoms. The second kappa shape index (κ2) is 8.41. The summed E-state index contributed by atoms with van der Waals surface area (Å²) in [6.07, 6.45) is 9.85. The van der Waals surface area contributed by atoms with E-state index in [0.717, 1.165) is 22.4 Å². The first kappa shape index (κ1) is 22.0. The topological polar surface area (TPSA) is 31.9 Å². The Balaban J connectivity index is 1.03. The molecular weight excluding hydrogens is 445 g/mol. The summed E-state index contributed by atoms with van der Waals surface area (Å²) >= 11 is 0. The summed E-state index contributed by atoms with van der Waals surface area (Å²) in [6, 6.07) is 23.2. The molecule has 1 saturated carbocycles. The van der Waals surface area contributed by atoms with Gasteiger partial charge >= 0.3 is 0 Å². The maximum absolute atomic E-state index is 13.5. The molecule has 2 aliphatic carbocycles. The number of benzene rings is 3. The monoisotopic (exact) mass is 477 g/mol. The summed E-state index contributed by atoms with van der Waals surface area (Å²) in [7, 11) is 0. The van der Waals surface area contributed by atoms with Gasteiger partial charge < -0.3 is 9.88 Å². The number of nitrogens with one attached hydrogen (secondary N) is 1. The van der Waals surface area contributed by atoms with Gasteiger partial charge in [0.1, 0.15) is 11.6 Å². The average molecular weight is 478 g/mol. The number of halogens is 1. The highest BCUT2D eigenvalue weighted by Gasteiger charge is 2.45. The van der Waals surface area contributed by atoms with E-state index in [4.69, 9.17) is 0 Å². The van der Waals surface area contributed by atoms with Gasteiger partial charge in [0.25, 0.3) is 0 Å². The molecule has 1 N–H and O–H groups in total. The molecule has 0 bridgehead atoms. The number of allylic oxidation sites excluding steroid dienone is 1. The number of aromatic amines is 1. The first-order chi connectivity index (χ1) is 17.6. The molecule has 7 rings (SSSR count). The lowest BCUT2D eigenvalue weighted by atomic mass is 9.68. The van der Waals surface area contributed by atoms with E-state index in [1.807, 2.05) is 0 Å².